The van der Waals surface area contributed by atoms with Crippen molar-refractivity contribution in [2.75, 3.05) is 32.7 Å². The number of likely N-dealkylation sites (tertiary alicyclic amines) is 1. The summed E-state index contributed by atoms with van der Waals surface area (Å²) in [5.41, 5.74) is 0.986. The standard InChI is InChI=1S/C22H37N5O2S.HI/c1-3-23-22(24-13-4-14-27-15-11-18(2)12-16-27)25-17-19-5-9-21(10-6-19)30(28,29)26-20-7-8-20;/h5-6,9-10,18,20,26H,3-4,7-8,11-17H2,1-2H3,(H2,23,24,25);1H. The fraction of sp³-hybridized carbons (Fsp3) is 0.682. The summed E-state index contributed by atoms with van der Waals surface area (Å²) >= 11 is 0. The van der Waals surface area contributed by atoms with E-state index in [0.29, 0.717) is 11.4 Å². The van der Waals surface area contributed by atoms with Crippen LogP contribution in [0.4, 0.5) is 0 Å². The molecule has 0 amide bonds. The molecule has 7 nitrogen and oxygen atoms in total. The van der Waals surface area contributed by atoms with Gasteiger partial charge in [0.25, 0.3) is 0 Å². The summed E-state index contributed by atoms with van der Waals surface area (Å²) in [7, 11) is -3.40. The molecule has 2 fully saturated rings. The smallest absolute Gasteiger partial charge is 0.240 e. The van der Waals surface area contributed by atoms with Crippen LogP contribution < -0.4 is 15.4 Å². The summed E-state index contributed by atoms with van der Waals surface area (Å²) in [5.74, 6) is 1.67. The van der Waals surface area contributed by atoms with E-state index in [1.165, 1.54) is 25.9 Å². The molecule has 1 aromatic rings. The first-order chi connectivity index (χ1) is 14.5. The summed E-state index contributed by atoms with van der Waals surface area (Å²) in [6, 6.07) is 7.12. The summed E-state index contributed by atoms with van der Waals surface area (Å²) in [6.07, 6.45) is 5.59. The molecule has 1 saturated carbocycles. The van der Waals surface area contributed by atoms with Crippen LogP contribution in [0, 0.1) is 5.92 Å². The molecule has 1 heterocycles. The first kappa shape index (κ1) is 26.3. The molecule has 0 aromatic heterocycles. The first-order valence-corrected chi connectivity index (χ1v) is 12.8. The minimum Gasteiger partial charge on any atom is -0.357 e. The van der Waals surface area contributed by atoms with E-state index in [1.54, 1.807) is 12.1 Å². The second-order valence-electron chi connectivity index (χ2n) is 8.54. The van der Waals surface area contributed by atoms with Crippen LogP contribution in [0.3, 0.4) is 0 Å². The number of hydrogen-bond acceptors (Lipinski definition) is 4. The Kier molecular flexibility index (Phi) is 11.0. The maximum Gasteiger partial charge on any atom is 0.240 e. The first-order valence-electron chi connectivity index (χ1n) is 11.3. The molecule has 0 radical (unpaired) electrons. The van der Waals surface area contributed by atoms with Gasteiger partial charge in [0.1, 0.15) is 0 Å². The molecule has 9 heteroatoms. The van der Waals surface area contributed by atoms with Crippen molar-refractivity contribution in [1.29, 1.82) is 0 Å². The number of benzene rings is 1. The fourth-order valence-electron chi connectivity index (χ4n) is 3.57. The molecular formula is C22H38IN5O2S. The highest BCUT2D eigenvalue weighted by Crippen LogP contribution is 2.22. The van der Waals surface area contributed by atoms with Crippen molar-refractivity contribution < 1.29 is 8.42 Å². The highest BCUT2D eigenvalue weighted by molar-refractivity contribution is 14.0. The Morgan fingerprint density at radius 2 is 1.77 bits per heavy atom. The predicted molar refractivity (Wildman–Crippen MR) is 137 cm³/mol. The van der Waals surface area contributed by atoms with Gasteiger partial charge in [0.05, 0.1) is 11.4 Å². The Morgan fingerprint density at radius 3 is 2.39 bits per heavy atom. The molecule has 0 unspecified atom stereocenters. The Labute approximate surface area is 204 Å². The van der Waals surface area contributed by atoms with Crippen LogP contribution >= 0.6 is 24.0 Å². The van der Waals surface area contributed by atoms with Gasteiger partial charge in [-0.1, -0.05) is 19.1 Å². The van der Waals surface area contributed by atoms with Gasteiger partial charge in [0.15, 0.2) is 5.96 Å². The van der Waals surface area contributed by atoms with Gasteiger partial charge in [-0.3, -0.25) is 0 Å². The third-order valence-electron chi connectivity index (χ3n) is 5.72. The van der Waals surface area contributed by atoms with E-state index in [4.69, 9.17) is 0 Å². The van der Waals surface area contributed by atoms with Crippen LogP contribution in [0.1, 0.15) is 51.5 Å². The molecule has 1 aliphatic heterocycles. The molecule has 0 spiro atoms. The average Bonchev–Trinajstić information content (AvgIpc) is 3.54. The van der Waals surface area contributed by atoms with Crippen LogP contribution in [-0.4, -0.2) is 58.0 Å². The molecule has 3 N–H and O–H groups in total. The van der Waals surface area contributed by atoms with E-state index in [-0.39, 0.29) is 30.0 Å². The number of nitrogens with zero attached hydrogens (tertiary/aromatic N) is 2. The molecule has 3 rings (SSSR count). The Balaban J connectivity index is 0.00000341. The summed E-state index contributed by atoms with van der Waals surface area (Å²) < 4.78 is 27.2. The lowest BCUT2D eigenvalue weighted by atomic mass is 9.99. The van der Waals surface area contributed by atoms with E-state index < -0.39 is 10.0 Å². The zero-order valence-corrected chi connectivity index (χ0v) is 21.9. The lowest BCUT2D eigenvalue weighted by Crippen LogP contribution is -2.39. The molecule has 176 valence electrons. The van der Waals surface area contributed by atoms with Gasteiger partial charge in [-0.25, -0.2) is 18.1 Å². The quantitative estimate of drug-likeness (QED) is 0.177. The highest BCUT2D eigenvalue weighted by Gasteiger charge is 2.27. The molecule has 0 bridgehead atoms. The zero-order chi connectivity index (χ0) is 21.4. The number of guanidine groups is 1. The lowest BCUT2D eigenvalue weighted by molar-refractivity contribution is 0.191. The molecule has 1 aliphatic carbocycles. The SMILES string of the molecule is CCNC(=NCc1ccc(S(=O)(=O)NC2CC2)cc1)NCCCN1CCC(C)CC1.I. The topological polar surface area (TPSA) is 85.8 Å². The lowest BCUT2D eigenvalue weighted by Gasteiger charge is -2.30. The van der Waals surface area contributed by atoms with Gasteiger partial charge in [-0.2, -0.15) is 0 Å². The van der Waals surface area contributed by atoms with E-state index in [2.05, 4.69) is 39.1 Å². The highest BCUT2D eigenvalue weighted by atomic mass is 127. The molecule has 1 saturated heterocycles. The van der Waals surface area contributed by atoms with Crippen molar-refractivity contribution in [2.45, 2.75) is 63.4 Å². The van der Waals surface area contributed by atoms with Gasteiger partial charge in [0.2, 0.25) is 10.0 Å². The number of halogens is 1. The molecule has 31 heavy (non-hydrogen) atoms. The van der Waals surface area contributed by atoms with Gasteiger partial charge in [0, 0.05) is 19.1 Å². The van der Waals surface area contributed by atoms with Crippen LogP contribution in [0.15, 0.2) is 34.2 Å². The van der Waals surface area contributed by atoms with Crippen molar-refractivity contribution in [1.82, 2.24) is 20.3 Å². The number of nitrogens with one attached hydrogen (secondary N) is 3. The molecular weight excluding hydrogens is 525 g/mol. The summed E-state index contributed by atoms with van der Waals surface area (Å²) in [5, 5.41) is 6.69. The number of sulfonamides is 1. The Hall–Kier alpha value is -0.910. The third kappa shape index (κ3) is 9.23. The minimum atomic E-state index is -3.40. The fourth-order valence-corrected chi connectivity index (χ4v) is 4.87. The number of rotatable bonds is 10. The summed E-state index contributed by atoms with van der Waals surface area (Å²) in [4.78, 5) is 7.52. The van der Waals surface area contributed by atoms with Crippen LogP contribution in [0.2, 0.25) is 0 Å². The monoisotopic (exact) mass is 563 g/mol. The van der Waals surface area contributed by atoms with Crippen molar-refractivity contribution in [2.24, 2.45) is 10.9 Å². The van der Waals surface area contributed by atoms with E-state index in [9.17, 15) is 8.42 Å². The normalized spacial score (nSPS) is 18.5. The number of piperidine rings is 1. The average molecular weight is 564 g/mol. The van der Waals surface area contributed by atoms with Crippen molar-refractivity contribution >= 4 is 40.0 Å². The minimum absolute atomic E-state index is 0. The van der Waals surface area contributed by atoms with Crippen molar-refractivity contribution in [3.63, 3.8) is 0 Å². The van der Waals surface area contributed by atoms with Crippen molar-refractivity contribution in [3.8, 4) is 0 Å². The van der Waals surface area contributed by atoms with E-state index >= 15 is 0 Å². The van der Waals surface area contributed by atoms with Gasteiger partial charge < -0.3 is 15.5 Å². The molecule has 0 atom stereocenters. The molecule has 2 aliphatic rings. The number of hydrogen-bond donors (Lipinski definition) is 3. The number of aliphatic imine (C=N–C) groups is 1. The van der Waals surface area contributed by atoms with E-state index in [1.807, 2.05) is 12.1 Å². The summed E-state index contributed by atoms with van der Waals surface area (Å²) in [6.45, 7) is 10.2. The Bertz CT molecular complexity index is 789. The van der Waals surface area contributed by atoms with Gasteiger partial charge in [-0.15, -0.1) is 24.0 Å². The van der Waals surface area contributed by atoms with Crippen molar-refractivity contribution in [3.05, 3.63) is 29.8 Å². The second-order valence-corrected chi connectivity index (χ2v) is 10.3. The maximum absolute atomic E-state index is 12.3. The largest absolute Gasteiger partial charge is 0.357 e. The maximum atomic E-state index is 12.3. The zero-order valence-electron chi connectivity index (χ0n) is 18.8. The van der Waals surface area contributed by atoms with Crippen LogP contribution in [0.25, 0.3) is 0 Å². The second kappa shape index (κ2) is 13.0. The van der Waals surface area contributed by atoms with Crippen LogP contribution in [-0.2, 0) is 16.6 Å². The Morgan fingerprint density at radius 1 is 1.10 bits per heavy atom. The van der Waals surface area contributed by atoms with Crippen LogP contribution in [0.5, 0.6) is 0 Å². The van der Waals surface area contributed by atoms with Gasteiger partial charge in [-0.05, 0) is 82.3 Å². The third-order valence-corrected chi connectivity index (χ3v) is 7.25. The molecule has 1 aromatic carbocycles. The van der Waals surface area contributed by atoms with Gasteiger partial charge >= 0.3 is 0 Å². The van der Waals surface area contributed by atoms with E-state index in [0.717, 1.165) is 56.3 Å². The predicted octanol–water partition coefficient (Wildman–Crippen LogP) is 2.92.